The van der Waals surface area contributed by atoms with Gasteiger partial charge in [-0.3, -0.25) is 0 Å². The van der Waals surface area contributed by atoms with E-state index in [0.717, 1.165) is 6.61 Å². The molecule has 1 fully saturated rings. The third-order valence-electron chi connectivity index (χ3n) is 3.71. The maximum absolute atomic E-state index is 6.08. The smallest absolute Gasteiger partial charge is 0.0834 e. The van der Waals surface area contributed by atoms with E-state index in [4.69, 9.17) is 4.74 Å². The first-order chi connectivity index (χ1) is 7.29. The van der Waals surface area contributed by atoms with Crippen molar-refractivity contribution in [3.63, 3.8) is 0 Å². The van der Waals surface area contributed by atoms with Crippen molar-refractivity contribution in [1.82, 2.24) is 5.32 Å². The van der Waals surface area contributed by atoms with Gasteiger partial charge in [-0.1, -0.05) is 32.6 Å². The second kappa shape index (κ2) is 6.49. The van der Waals surface area contributed by atoms with E-state index in [1.165, 1.54) is 44.9 Å². The number of unbranched alkanes of at least 4 members (excludes halogenated alkanes) is 1. The molecule has 0 radical (unpaired) electrons. The molecule has 1 aliphatic carbocycles. The number of nitrogens with one attached hydrogen (secondary N) is 1. The molecule has 0 spiro atoms. The van der Waals surface area contributed by atoms with Crippen molar-refractivity contribution in [1.29, 1.82) is 0 Å². The summed E-state index contributed by atoms with van der Waals surface area (Å²) in [6.07, 6.45) is 9.01. The van der Waals surface area contributed by atoms with E-state index in [2.05, 4.69) is 26.2 Å². The lowest BCUT2D eigenvalue weighted by Gasteiger charge is -2.37. The summed E-state index contributed by atoms with van der Waals surface area (Å²) in [6.45, 7) is 5.23. The van der Waals surface area contributed by atoms with Gasteiger partial charge in [0.25, 0.3) is 0 Å². The summed E-state index contributed by atoms with van der Waals surface area (Å²) in [5.74, 6) is 0. The normalized spacial score (nSPS) is 21.8. The molecule has 0 aromatic carbocycles. The van der Waals surface area contributed by atoms with Crippen LogP contribution in [0.3, 0.4) is 0 Å². The van der Waals surface area contributed by atoms with E-state index in [1.807, 2.05) is 0 Å². The van der Waals surface area contributed by atoms with Crippen LogP contribution >= 0.6 is 0 Å². The first-order valence-electron chi connectivity index (χ1n) is 6.60. The highest BCUT2D eigenvalue weighted by atomic mass is 16.5. The molecule has 0 amide bonds. The summed E-state index contributed by atoms with van der Waals surface area (Å²) in [6, 6.07) is 0.555. The second-order valence-corrected chi connectivity index (χ2v) is 4.69. The van der Waals surface area contributed by atoms with Crippen LogP contribution < -0.4 is 5.32 Å². The fourth-order valence-corrected chi connectivity index (χ4v) is 2.93. The van der Waals surface area contributed by atoms with Crippen LogP contribution in [0.15, 0.2) is 0 Å². The van der Waals surface area contributed by atoms with Crippen LogP contribution in [0.2, 0.25) is 0 Å². The third kappa shape index (κ3) is 3.18. The molecule has 2 heteroatoms. The minimum atomic E-state index is 0.151. The zero-order valence-corrected chi connectivity index (χ0v) is 10.6. The van der Waals surface area contributed by atoms with Gasteiger partial charge in [0.2, 0.25) is 0 Å². The van der Waals surface area contributed by atoms with Gasteiger partial charge in [0.15, 0.2) is 0 Å². The molecule has 1 unspecified atom stereocenters. The Labute approximate surface area is 94.8 Å². The number of ether oxygens (including phenoxy) is 1. The molecule has 2 nitrogen and oxygen atoms in total. The molecular formula is C13H27NO. The largest absolute Gasteiger partial charge is 0.374 e. The molecule has 1 rings (SSSR count). The molecule has 0 heterocycles. The van der Waals surface area contributed by atoms with Gasteiger partial charge in [0.1, 0.15) is 0 Å². The van der Waals surface area contributed by atoms with Crippen LogP contribution in [-0.2, 0) is 4.74 Å². The number of hydrogen-bond donors (Lipinski definition) is 1. The topological polar surface area (TPSA) is 21.3 Å². The van der Waals surface area contributed by atoms with E-state index in [-0.39, 0.29) is 5.60 Å². The van der Waals surface area contributed by atoms with E-state index in [9.17, 15) is 0 Å². The highest BCUT2D eigenvalue weighted by molar-refractivity contribution is 4.96. The average Bonchev–Trinajstić information content (AvgIpc) is 2.69. The monoisotopic (exact) mass is 213 g/mol. The van der Waals surface area contributed by atoms with Gasteiger partial charge in [-0.2, -0.15) is 0 Å². The van der Waals surface area contributed by atoms with Gasteiger partial charge < -0.3 is 10.1 Å². The first kappa shape index (κ1) is 13.0. The third-order valence-corrected chi connectivity index (χ3v) is 3.71. The summed E-state index contributed by atoms with van der Waals surface area (Å²) >= 11 is 0. The lowest BCUT2D eigenvalue weighted by molar-refractivity contribution is -0.0619. The summed E-state index contributed by atoms with van der Waals surface area (Å²) in [4.78, 5) is 0. The average molecular weight is 213 g/mol. The van der Waals surface area contributed by atoms with E-state index in [0.29, 0.717) is 6.04 Å². The molecule has 0 aromatic rings. The molecule has 90 valence electrons. The zero-order valence-electron chi connectivity index (χ0n) is 10.6. The van der Waals surface area contributed by atoms with Crippen LogP contribution in [0.5, 0.6) is 0 Å². The van der Waals surface area contributed by atoms with E-state index < -0.39 is 0 Å². The molecule has 0 bridgehead atoms. The summed E-state index contributed by atoms with van der Waals surface area (Å²) in [5, 5.41) is 3.48. The summed E-state index contributed by atoms with van der Waals surface area (Å²) < 4.78 is 6.08. The Morgan fingerprint density at radius 3 is 2.40 bits per heavy atom. The predicted molar refractivity (Wildman–Crippen MR) is 65.2 cm³/mol. The molecule has 1 N–H and O–H groups in total. The Balaban J connectivity index is 2.58. The van der Waals surface area contributed by atoms with Crippen molar-refractivity contribution in [2.24, 2.45) is 0 Å². The van der Waals surface area contributed by atoms with Gasteiger partial charge in [-0.05, 0) is 33.2 Å². The highest BCUT2D eigenvalue weighted by Gasteiger charge is 2.40. The number of hydrogen-bond acceptors (Lipinski definition) is 2. The van der Waals surface area contributed by atoms with Crippen molar-refractivity contribution < 1.29 is 4.74 Å². The van der Waals surface area contributed by atoms with Crippen molar-refractivity contribution in [3.05, 3.63) is 0 Å². The van der Waals surface area contributed by atoms with Crippen molar-refractivity contribution in [2.45, 2.75) is 70.4 Å². The molecule has 0 aromatic heterocycles. The Kier molecular flexibility index (Phi) is 5.62. The van der Waals surface area contributed by atoms with Crippen molar-refractivity contribution in [3.8, 4) is 0 Å². The summed E-state index contributed by atoms with van der Waals surface area (Å²) in [5.41, 5.74) is 0.151. The molecule has 1 aliphatic rings. The highest BCUT2D eigenvalue weighted by Crippen LogP contribution is 2.37. The minimum absolute atomic E-state index is 0.151. The van der Waals surface area contributed by atoms with Gasteiger partial charge in [-0.25, -0.2) is 0 Å². The standard InChI is InChI=1S/C13H27NO/c1-4-6-9-12(14-3)13(15-5-2)10-7-8-11-13/h12,14H,4-11H2,1-3H3. The van der Waals surface area contributed by atoms with Crippen molar-refractivity contribution >= 4 is 0 Å². The van der Waals surface area contributed by atoms with E-state index in [1.54, 1.807) is 0 Å². The molecule has 15 heavy (non-hydrogen) atoms. The maximum atomic E-state index is 6.08. The van der Waals surface area contributed by atoms with Crippen molar-refractivity contribution in [2.75, 3.05) is 13.7 Å². The van der Waals surface area contributed by atoms with Crippen LogP contribution in [0.25, 0.3) is 0 Å². The lowest BCUT2D eigenvalue weighted by Crippen LogP contribution is -2.49. The van der Waals surface area contributed by atoms with Crippen LogP contribution in [0, 0.1) is 0 Å². The summed E-state index contributed by atoms with van der Waals surface area (Å²) in [7, 11) is 2.08. The fourth-order valence-electron chi connectivity index (χ4n) is 2.93. The van der Waals surface area contributed by atoms with Gasteiger partial charge in [0.05, 0.1) is 5.60 Å². The molecule has 0 aliphatic heterocycles. The van der Waals surface area contributed by atoms with Crippen LogP contribution in [-0.4, -0.2) is 25.3 Å². The van der Waals surface area contributed by atoms with Crippen LogP contribution in [0.1, 0.15) is 58.8 Å². The Morgan fingerprint density at radius 2 is 1.93 bits per heavy atom. The molecular weight excluding hydrogens is 186 g/mol. The van der Waals surface area contributed by atoms with Gasteiger partial charge >= 0.3 is 0 Å². The predicted octanol–water partition coefficient (Wildman–Crippen LogP) is 3.11. The second-order valence-electron chi connectivity index (χ2n) is 4.69. The zero-order chi connectivity index (χ0) is 11.1. The number of rotatable bonds is 7. The molecule has 0 saturated heterocycles. The minimum Gasteiger partial charge on any atom is -0.374 e. The van der Waals surface area contributed by atoms with E-state index >= 15 is 0 Å². The van der Waals surface area contributed by atoms with Crippen LogP contribution in [0.4, 0.5) is 0 Å². The van der Waals surface area contributed by atoms with Gasteiger partial charge in [-0.15, -0.1) is 0 Å². The molecule has 1 atom stereocenters. The quantitative estimate of drug-likeness (QED) is 0.701. The SMILES string of the molecule is CCCCC(NC)C1(OCC)CCCC1. The lowest BCUT2D eigenvalue weighted by atomic mass is 9.88. The molecule has 1 saturated carbocycles. The van der Waals surface area contributed by atoms with Gasteiger partial charge in [0, 0.05) is 12.6 Å². The Bertz CT molecular complexity index is 164. The number of likely N-dealkylation sites (N-methyl/N-ethyl adjacent to an activating group) is 1. The Hall–Kier alpha value is -0.0800. The maximum Gasteiger partial charge on any atom is 0.0834 e. The first-order valence-corrected chi connectivity index (χ1v) is 6.60. The Morgan fingerprint density at radius 1 is 1.27 bits per heavy atom. The fraction of sp³-hybridized carbons (Fsp3) is 1.00.